The number of hydroxylamine groups is 1. The summed E-state index contributed by atoms with van der Waals surface area (Å²) in [7, 11) is 1.30. The highest BCUT2D eigenvalue weighted by Gasteiger charge is 2.09. The lowest BCUT2D eigenvalue weighted by Gasteiger charge is -2.03. The van der Waals surface area contributed by atoms with Crippen LogP contribution in [-0.2, 0) is 0 Å². The monoisotopic (exact) mass is 385 g/mol. The van der Waals surface area contributed by atoms with Crippen molar-refractivity contribution < 1.29 is 4.86 Å². The van der Waals surface area contributed by atoms with E-state index in [1.165, 1.54) is 7.05 Å². The van der Waals surface area contributed by atoms with E-state index in [4.69, 9.17) is 0 Å². The highest BCUT2D eigenvalue weighted by Crippen LogP contribution is 2.34. The van der Waals surface area contributed by atoms with Gasteiger partial charge in [0.1, 0.15) is 7.05 Å². The molecular formula is C7H6Br3N3O. The van der Waals surface area contributed by atoms with Gasteiger partial charge in [-0.15, -0.1) is 5.43 Å². The van der Waals surface area contributed by atoms with Crippen LogP contribution in [0, 0.1) is 5.21 Å². The number of halogens is 3. The Morgan fingerprint density at radius 1 is 1.29 bits per heavy atom. The number of nitrogens with zero attached hydrogens (tertiary/aromatic N) is 2. The zero-order valence-corrected chi connectivity index (χ0v) is 11.8. The lowest BCUT2D eigenvalue weighted by Crippen LogP contribution is -1.98. The maximum atomic E-state index is 10.6. The predicted octanol–water partition coefficient (Wildman–Crippen LogP) is 3.89. The molecule has 0 heterocycles. The van der Waals surface area contributed by atoms with Crippen molar-refractivity contribution in [3.8, 4) is 0 Å². The van der Waals surface area contributed by atoms with Gasteiger partial charge in [0.15, 0.2) is 5.69 Å². The zero-order valence-electron chi connectivity index (χ0n) is 7.09. The van der Waals surface area contributed by atoms with Gasteiger partial charge in [0.25, 0.3) is 0 Å². The zero-order chi connectivity index (χ0) is 10.7. The third kappa shape index (κ3) is 3.21. The summed E-state index contributed by atoms with van der Waals surface area (Å²) in [6.07, 6.45) is 0. The van der Waals surface area contributed by atoms with Crippen molar-refractivity contribution in [3.05, 3.63) is 30.8 Å². The second-order valence-corrected chi connectivity index (χ2v) is 5.04. The first-order valence-electron chi connectivity index (χ1n) is 3.53. The van der Waals surface area contributed by atoms with Crippen molar-refractivity contribution in [2.75, 3.05) is 12.5 Å². The molecule has 0 saturated heterocycles. The van der Waals surface area contributed by atoms with Crippen LogP contribution in [0.2, 0.25) is 0 Å². The number of hydrogen-bond acceptors (Lipinski definition) is 2. The van der Waals surface area contributed by atoms with Gasteiger partial charge < -0.3 is 5.21 Å². The summed E-state index contributed by atoms with van der Waals surface area (Å²) in [5, 5.41) is 14.1. The summed E-state index contributed by atoms with van der Waals surface area (Å²) in [5.74, 6) is 0. The minimum Gasteiger partial charge on any atom is -0.696 e. The molecule has 0 aliphatic carbocycles. The van der Waals surface area contributed by atoms with Gasteiger partial charge in [0.2, 0.25) is 0 Å². The molecule has 0 atom stereocenters. The summed E-state index contributed by atoms with van der Waals surface area (Å²) < 4.78 is 2.55. The molecule has 1 N–H and O–H groups in total. The van der Waals surface area contributed by atoms with Crippen LogP contribution >= 0.6 is 47.8 Å². The third-order valence-corrected chi connectivity index (χ3v) is 3.02. The third-order valence-electron chi connectivity index (χ3n) is 1.31. The Morgan fingerprint density at radius 3 is 2.21 bits per heavy atom. The van der Waals surface area contributed by atoms with Crippen LogP contribution in [0.3, 0.4) is 0 Å². The van der Waals surface area contributed by atoms with Gasteiger partial charge in [0.05, 0.1) is 14.2 Å². The average Bonchev–Trinajstić information content (AvgIpc) is 2.01. The fourth-order valence-electron chi connectivity index (χ4n) is 0.769. The second kappa shape index (κ2) is 5.09. The molecule has 0 bridgehead atoms. The molecule has 76 valence electrons. The molecule has 0 saturated carbocycles. The largest absolute Gasteiger partial charge is 0.696 e. The molecule has 0 amide bonds. The fraction of sp³-hybridized carbons (Fsp3) is 0.143. The van der Waals surface area contributed by atoms with Crippen LogP contribution in [0.4, 0.5) is 5.69 Å². The molecule has 1 aromatic rings. The van der Waals surface area contributed by atoms with Gasteiger partial charge in [-0.25, -0.2) is 0 Å². The van der Waals surface area contributed by atoms with E-state index in [0.29, 0.717) is 10.5 Å². The number of benzene rings is 1. The van der Waals surface area contributed by atoms with Crippen molar-refractivity contribution in [3.63, 3.8) is 0 Å². The molecule has 14 heavy (non-hydrogen) atoms. The molecule has 0 aliphatic rings. The van der Waals surface area contributed by atoms with Gasteiger partial charge in [0, 0.05) is 4.47 Å². The Balaban J connectivity index is 3.03. The Hall–Kier alpha value is -0.140. The molecular weight excluding hydrogens is 382 g/mol. The van der Waals surface area contributed by atoms with Crippen LogP contribution in [0.5, 0.6) is 0 Å². The topological polar surface area (TPSA) is 50.5 Å². The maximum absolute atomic E-state index is 10.6. The van der Waals surface area contributed by atoms with E-state index in [2.05, 4.69) is 58.4 Å². The first-order valence-corrected chi connectivity index (χ1v) is 5.90. The van der Waals surface area contributed by atoms with Gasteiger partial charge >= 0.3 is 0 Å². The highest BCUT2D eigenvalue weighted by atomic mass is 79.9. The van der Waals surface area contributed by atoms with Crippen molar-refractivity contribution in [2.45, 2.75) is 0 Å². The first kappa shape index (κ1) is 11.9. The van der Waals surface area contributed by atoms with E-state index in [1.807, 2.05) is 12.1 Å². The molecule has 1 aromatic carbocycles. The van der Waals surface area contributed by atoms with Gasteiger partial charge in [-0.1, -0.05) is 15.9 Å². The van der Waals surface area contributed by atoms with E-state index in [1.54, 1.807) is 0 Å². The normalized spacial score (nSPS) is 11.6. The number of rotatable bonds is 2. The van der Waals surface area contributed by atoms with Crippen molar-refractivity contribution in [1.82, 2.24) is 0 Å². The standard InChI is InChI=1S/C7H6Br3N3O/c1-13(14)12-11-7-5(9)2-4(8)3-6(7)10/h2-3,11H,1H3/b13-12+. The number of nitrogens with one attached hydrogen (secondary N) is 1. The van der Waals surface area contributed by atoms with Crippen LogP contribution < -0.4 is 5.43 Å². The quantitative estimate of drug-likeness (QED) is 0.475. The number of hydrogen-bond donors (Lipinski definition) is 1. The fourth-order valence-corrected chi connectivity index (χ4v) is 3.21. The van der Waals surface area contributed by atoms with E-state index in [9.17, 15) is 5.21 Å². The van der Waals surface area contributed by atoms with Crippen LogP contribution in [0.1, 0.15) is 0 Å². The maximum Gasteiger partial charge on any atom is 0.175 e. The predicted molar refractivity (Wildman–Crippen MR) is 65.1 cm³/mol. The first-order chi connectivity index (χ1) is 6.50. The lowest BCUT2D eigenvalue weighted by molar-refractivity contribution is -0.497. The smallest absolute Gasteiger partial charge is 0.175 e. The van der Waals surface area contributed by atoms with Crippen LogP contribution in [0.25, 0.3) is 0 Å². The second-order valence-electron chi connectivity index (χ2n) is 2.42. The summed E-state index contributed by atoms with van der Waals surface area (Å²) >= 11 is 10.0. The number of anilines is 1. The lowest BCUT2D eigenvalue weighted by atomic mass is 10.3. The molecule has 0 aliphatic heterocycles. The summed E-state index contributed by atoms with van der Waals surface area (Å²) in [4.78, 5) is 0.445. The summed E-state index contributed by atoms with van der Waals surface area (Å²) in [6.45, 7) is 0. The van der Waals surface area contributed by atoms with Crippen molar-refractivity contribution in [1.29, 1.82) is 0 Å². The summed E-state index contributed by atoms with van der Waals surface area (Å²) in [6, 6.07) is 3.71. The molecule has 1 rings (SSSR count). The van der Waals surface area contributed by atoms with E-state index in [-0.39, 0.29) is 0 Å². The Kier molecular flexibility index (Phi) is 4.33. The van der Waals surface area contributed by atoms with Crippen LogP contribution in [-0.4, -0.2) is 11.9 Å². The van der Waals surface area contributed by atoms with Crippen molar-refractivity contribution >= 4 is 53.5 Å². The van der Waals surface area contributed by atoms with Gasteiger partial charge in [-0.05, 0) is 44.0 Å². The van der Waals surface area contributed by atoms with E-state index >= 15 is 0 Å². The van der Waals surface area contributed by atoms with E-state index in [0.717, 1.165) is 13.4 Å². The Morgan fingerprint density at radius 2 is 1.79 bits per heavy atom. The van der Waals surface area contributed by atoms with E-state index < -0.39 is 0 Å². The summed E-state index contributed by atoms with van der Waals surface area (Å²) in [5.41, 5.74) is 3.34. The molecule has 4 nitrogen and oxygen atoms in total. The molecule has 0 radical (unpaired) electrons. The molecule has 0 spiro atoms. The molecule has 0 unspecified atom stereocenters. The minimum absolute atomic E-state index is 0.445. The Labute approximate surface area is 106 Å². The average molecular weight is 388 g/mol. The van der Waals surface area contributed by atoms with Gasteiger partial charge in [-0.2, -0.15) is 4.86 Å². The van der Waals surface area contributed by atoms with Crippen molar-refractivity contribution in [2.24, 2.45) is 5.22 Å². The molecule has 0 aromatic heterocycles. The SMILES string of the molecule is C/[N+]([O-])=N\Nc1c(Br)cc(Br)cc1Br. The molecule has 7 heteroatoms. The minimum atomic E-state index is 0.445. The highest BCUT2D eigenvalue weighted by molar-refractivity contribution is 9.11. The van der Waals surface area contributed by atoms with Gasteiger partial charge in [-0.3, -0.25) is 0 Å². The Bertz CT molecular complexity index is 353. The van der Waals surface area contributed by atoms with Crippen LogP contribution in [0.15, 0.2) is 30.8 Å². The molecule has 0 fully saturated rings.